The van der Waals surface area contributed by atoms with Crippen molar-refractivity contribution in [3.05, 3.63) is 48.0 Å². The number of hydrogen-bond acceptors (Lipinski definition) is 6. The van der Waals surface area contributed by atoms with Crippen LogP contribution in [0.5, 0.6) is 0 Å². The second-order valence-electron chi connectivity index (χ2n) is 7.51. The highest BCUT2D eigenvalue weighted by atomic mass is 32.2. The average molecular weight is 450 g/mol. The first-order valence-corrected chi connectivity index (χ1v) is 11.8. The first-order chi connectivity index (χ1) is 14.6. The molecule has 0 saturated carbocycles. The molecule has 0 aliphatic heterocycles. The van der Waals surface area contributed by atoms with Gasteiger partial charge in [0.2, 0.25) is 5.91 Å². The van der Waals surface area contributed by atoms with Gasteiger partial charge < -0.3 is 15.2 Å². The number of carbonyl (C=O) groups excluding carboxylic acids is 2. The molecule has 0 unspecified atom stereocenters. The van der Waals surface area contributed by atoms with Gasteiger partial charge in [0, 0.05) is 19.8 Å². The fourth-order valence-electron chi connectivity index (χ4n) is 3.42. The molecule has 0 radical (unpaired) electrons. The first-order valence-electron chi connectivity index (χ1n) is 9.79. The largest absolute Gasteiger partial charge is 0.481 e. The second-order valence-corrected chi connectivity index (χ2v) is 9.69. The maximum atomic E-state index is 12.8. The van der Waals surface area contributed by atoms with Crippen molar-refractivity contribution in [3.8, 4) is 0 Å². The van der Waals surface area contributed by atoms with E-state index in [2.05, 4.69) is 5.32 Å². The number of benzene rings is 2. The van der Waals surface area contributed by atoms with Crippen LogP contribution < -0.4 is 5.32 Å². The number of Topliss-reactive ketones (excluding diaryl/α,β-unsaturated/α-hetero) is 1. The molecule has 0 heterocycles. The normalized spacial score (nSPS) is 13.5. The van der Waals surface area contributed by atoms with E-state index in [1.165, 1.54) is 7.11 Å². The van der Waals surface area contributed by atoms with Gasteiger partial charge in [-0.15, -0.1) is 0 Å². The number of fused-ring (bicyclic) bond motifs is 1. The van der Waals surface area contributed by atoms with Gasteiger partial charge in [0.05, 0.1) is 24.7 Å². The summed E-state index contributed by atoms with van der Waals surface area (Å²) in [4.78, 5) is 36.4. The van der Waals surface area contributed by atoms with E-state index in [1.54, 1.807) is 0 Å². The topological polar surface area (TPSA) is 127 Å². The zero-order chi connectivity index (χ0) is 23.0. The van der Waals surface area contributed by atoms with E-state index in [1.807, 2.05) is 42.5 Å². The minimum absolute atomic E-state index is 0.0984. The molecule has 0 aliphatic carbocycles. The molecule has 9 heteroatoms. The van der Waals surface area contributed by atoms with Crippen LogP contribution in [0.15, 0.2) is 42.5 Å². The van der Waals surface area contributed by atoms with Gasteiger partial charge in [0.1, 0.15) is 15.9 Å². The van der Waals surface area contributed by atoms with Gasteiger partial charge in [-0.2, -0.15) is 0 Å². The Morgan fingerprint density at radius 3 is 2.42 bits per heavy atom. The van der Waals surface area contributed by atoms with Crippen molar-refractivity contribution >= 4 is 38.3 Å². The van der Waals surface area contributed by atoms with E-state index in [-0.39, 0.29) is 18.8 Å². The highest BCUT2D eigenvalue weighted by molar-refractivity contribution is 7.90. The van der Waals surface area contributed by atoms with Crippen LogP contribution in [0.1, 0.15) is 18.4 Å². The summed E-state index contributed by atoms with van der Waals surface area (Å²) in [6.07, 6.45) is 0.871. The Hall–Kier alpha value is -2.78. The molecule has 1 amide bonds. The molecule has 2 rings (SSSR count). The summed E-state index contributed by atoms with van der Waals surface area (Å²) in [7, 11) is -2.21. The number of ether oxygens (including phenoxy) is 1. The molecule has 0 spiro atoms. The molecule has 2 aromatic carbocycles. The number of amides is 1. The summed E-state index contributed by atoms with van der Waals surface area (Å²) in [6, 6.07) is 12.7. The third-order valence-corrected chi connectivity index (χ3v) is 5.86. The number of hydrogen-bond donors (Lipinski definition) is 2. The fourth-order valence-corrected chi connectivity index (χ4v) is 4.42. The number of carbonyl (C=O) groups is 3. The Labute approximate surface area is 181 Å². The third-order valence-electron chi connectivity index (χ3n) is 4.85. The number of carboxylic acids is 1. The number of ketones is 1. The van der Waals surface area contributed by atoms with Gasteiger partial charge in [0.25, 0.3) is 0 Å². The van der Waals surface area contributed by atoms with Crippen molar-refractivity contribution in [1.82, 2.24) is 5.32 Å². The first kappa shape index (κ1) is 24.5. The quantitative estimate of drug-likeness (QED) is 0.504. The minimum Gasteiger partial charge on any atom is -0.481 e. The van der Waals surface area contributed by atoms with E-state index >= 15 is 0 Å². The monoisotopic (exact) mass is 449 g/mol. The lowest BCUT2D eigenvalue weighted by atomic mass is 9.98. The van der Waals surface area contributed by atoms with Gasteiger partial charge in [-0.1, -0.05) is 42.5 Å². The van der Waals surface area contributed by atoms with Gasteiger partial charge in [-0.25, -0.2) is 8.42 Å². The molecule has 168 valence electrons. The number of rotatable bonds is 12. The Morgan fingerprint density at radius 2 is 1.77 bits per heavy atom. The predicted molar refractivity (Wildman–Crippen MR) is 117 cm³/mol. The molecule has 2 N–H and O–H groups in total. The number of methoxy groups -OCH3 is 1. The Balaban J connectivity index is 2.09. The van der Waals surface area contributed by atoms with E-state index in [0.29, 0.717) is 6.42 Å². The van der Waals surface area contributed by atoms with Gasteiger partial charge >= 0.3 is 5.97 Å². The summed E-state index contributed by atoms with van der Waals surface area (Å²) in [5.74, 6) is -4.29. The summed E-state index contributed by atoms with van der Waals surface area (Å²) in [5, 5.41) is 13.6. The lowest BCUT2D eigenvalue weighted by molar-refractivity contribution is -0.141. The Kier molecular flexibility index (Phi) is 8.70. The summed E-state index contributed by atoms with van der Waals surface area (Å²) in [5.41, 5.74) is 0.995. The van der Waals surface area contributed by atoms with Crippen LogP contribution in [0.4, 0.5) is 0 Å². The molecular weight excluding hydrogens is 422 g/mol. The molecular formula is C22H27NO7S. The summed E-state index contributed by atoms with van der Waals surface area (Å²) in [6.45, 7) is -0.0984. The maximum absolute atomic E-state index is 12.8. The van der Waals surface area contributed by atoms with Gasteiger partial charge in [-0.3, -0.25) is 14.4 Å². The maximum Gasteiger partial charge on any atom is 0.304 e. The van der Waals surface area contributed by atoms with Crippen molar-refractivity contribution in [2.75, 3.05) is 25.7 Å². The summed E-state index contributed by atoms with van der Waals surface area (Å²) >= 11 is 0. The van der Waals surface area contributed by atoms with E-state index in [9.17, 15) is 22.8 Å². The van der Waals surface area contributed by atoms with Crippen LogP contribution in [0, 0.1) is 5.92 Å². The molecule has 0 bridgehead atoms. The van der Waals surface area contributed by atoms with Crippen LogP contribution in [-0.2, 0) is 35.4 Å². The highest BCUT2D eigenvalue weighted by Crippen LogP contribution is 2.20. The average Bonchev–Trinajstić information content (AvgIpc) is 2.69. The van der Waals surface area contributed by atoms with Crippen LogP contribution in [0.3, 0.4) is 0 Å². The lowest BCUT2D eigenvalue weighted by Crippen LogP contribution is -2.47. The SMILES string of the molecule is COC[C@H](NC(=O)[C@H](CC(=O)O)CS(C)(=O)=O)C(=O)CCc1cccc2ccccc12. The third kappa shape index (κ3) is 7.76. The van der Waals surface area contributed by atoms with Gasteiger partial charge in [-0.05, 0) is 22.8 Å². The molecule has 31 heavy (non-hydrogen) atoms. The smallest absolute Gasteiger partial charge is 0.304 e. The van der Waals surface area contributed by atoms with Crippen LogP contribution in [0.25, 0.3) is 10.8 Å². The lowest BCUT2D eigenvalue weighted by Gasteiger charge is -2.20. The number of sulfone groups is 1. The number of aryl methyl sites for hydroxylation is 1. The zero-order valence-electron chi connectivity index (χ0n) is 17.5. The summed E-state index contributed by atoms with van der Waals surface area (Å²) < 4.78 is 28.2. The Morgan fingerprint density at radius 1 is 1.10 bits per heavy atom. The molecule has 8 nitrogen and oxygen atoms in total. The molecule has 0 saturated heterocycles. The van der Waals surface area contributed by atoms with Crippen molar-refractivity contribution in [2.45, 2.75) is 25.3 Å². The van der Waals surface area contributed by atoms with Gasteiger partial charge in [0.15, 0.2) is 5.78 Å². The molecule has 0 aromatic heterocycles. The van der Waals surface area contributed by atoms with Crippen molar-refractivity contribution in [1.29, 1.82) is 0 Å². The van der Waals surface area contributed by atoms with Crippen LogP contribution >= 0.6 is 0 Å². The highest BCUT2D eigenvalue weighted by Gasteiger charge is 2.29. The number of carboxylic acid groups (broad SMARTS) is 1. The second kappa shape index (κ2) is 11.0. The molecule has 2 atom stereocenters. The zero-order valence-corrected chi connectivity index (χ0v) is 18.4. The van der Waals surface area contributed by atoms with E-state index in [0.717, 1.165) is 22.6 Å². The minimum atomic E-state index is -3.59. The molecule has 0 fully saturated rings. The van der Waals surface area contributed by atoms with Crippen molar-refractivity contribution < 1.29 is 32.6 Å². The number of aliphatic carboxylic acids is 1. The Bertz CT molecular complexity index is 1040. The standard InChI is InChI=1S/C22H27NO7S/c1-30-13-19(23-22(27)17(12-21(25)26)14-31(2,28)29)20(24)11-10-16-8-5-7-15-6-3-4-9-18(15)16/h3-9,17,19H,10-14H2,1-2H3,(H,23,27)(H,25,26)/t17-,19+/m1/s1. The number of nitrogens with one attached hydrogen (secondary N) is 1. The molecule has 2 aromatic rings. The van der Waals surface area contributed by atoms with Crippen LogP contribution in [-0.4, -0.2) is 63.0 Å². The fraction of sp³-hybridized carbons (Fsp3) is 0.409. The van der Waals surface area contributed by atoms with Crippen molar-refractivity contribution in [2.24, 2.45) is 5.92 Å². The van der Waals surface area contributed by atoms with E-state index in [4.69, 9.17) is 9.84 Å². The predicted octanol–water partition coefficient (Wildman–Crippen LogP) is 1.61. The van der Waals surface area contributed by atoms with Crippen molar-refractivity contribution in [3.63, 3.8) is 0 Å². The van der Waals surface area contributed by atoms with Crippen LogP contribution in [0.2, 0.25) is 0 Å². The molecule has 0 aliphatic rings. The van der Waals surface area contributed by atoms with E-state index < -0.39 is 45.8 Å².